The van der Waals surface area contributed by atoms with Crippen molar-refractivity contribution in [1.82, 2.24) is 4.40 Å². The van der Waals surface area contributed by atoms with Crippen LogP contribution in [0.2, 0.25) is 0 Å². The van der Waals surface area contributed by atoms with Gasteiger partial charge in [0.15, 0.2) is 0 Å². The molecule has 3 atom stereocenters. The van der Waals surface area contributed by atoms with Crippen LogP contribution in [0.3, 0.4) is 0 Å². The third-order valence-corrected chi connectivity index (χ3v) is 7.41. The largest absolute Gasteiger partial charge is 0.315 e. The molecular formula is C30H37N. The Hall–Kier alpha value is -2.46. The zero-order chi connectivity index (χ0) is 21.8. The molecule has 1 aliphatic rings. The minimum absolute atomic E-state index is 0.511. The van der Waals surface area contributed by atoms with Crippen LogP contribution in [0.1, 0.15) is 89.2 Å². The molecule has 2 aromatic heterocycles. The average molecular weight is 412 g/mol. The number of unbranched alkanes of at least 4 members (excludes halogenated alkanes) is 1. The molecule has 2 heterocycles. The number of fused-ring (bicyclic) bond motifs is 3. The van der Waals surface area contributed by atoms with E-state index in [9.17, 15) is 0 Å². The molecule has 3 aromatic rings. The Bertz CT molecular complexity index is 1110. The van der Waals surface area contributed by atoms with Crippen molar-refractivity contribution >= 4 is 16.4 Å². The number of nitrogens with zero attached hydrogens (tertiary/aromatic N) is 1. The first kappa shape index (κ1) is 21.8. The molecule has 0 amide bonds. The van der Waals surface area contributed by atoms with E-state index in [1.54, 1.807) is 5.57 Å². The lowest BCUT2D eigenvalue weighted by Gasteiger charge is -2.15. The fourth-order valence-electron chi connectivity index (χ4n) is 5.43. The van der Waals surface area contributed by atoms with Gasteiger partial charge in [-0.15, -0.1) is 6.42 Å². The minimum atomic E-state index is 0.511. The zero-order valence-corrected chi connectivity index (χ0v) is 19.5. The van der Waals surface area contributed by atoms with Crippen molar-refractivity contribution in [2.24, 2.45) is 11.8 Å². The Kier molecular flexibility index (Phi) is 6.86. The summed E-state index contributed by atoms with van der Waals surface area (Å²) in [5.41, 5.74) is 6.36. The maximum atomic E-state index is 5.84. The summed E-state index contributed by atoms with van der Waals surface area (Å²) in [4.78, 5) is 0. The second kappa shape index (κ2) is 9.78. The minimum Gasteiger partial charge on any atom is -0.315 e. The number of hydrogen-bond acceptors (Lipinski definition) is 0. The van der Waals surface area contributed by atoms with E-state index in [0.717, 1.165) is 29.3 Å². The van der Waals surface area contributed by atoms with Gasteiger partial charge in [0.25, 0.3) is 0 Å². The number of allylic oxidation sites excluding steroid dienone is 2. The molecular weight excluding hydrogens is 374 g/mol. The highest BCUT2D eigenvalue weighted by atomic mass is 14.9. The van der Waals surface area contributed by atoms with Crippen molar-refractivity contribution in [1.29, 1.82) is 0 Å². The topological polar surface area (TPSA) is 4.41 Å². The third-order valence-electron chi connectivity index (χ3n) is 7.41. The average Bonchev–Trinajstić information content (AvgIpc) is 3.46. The van der Waals surface area contributed by atoms with E-state index in [2.05, 4.69) is 79.8 Å². The van der Waals surface area contributed by atoms with Gasteiger partial charge in [-0.05, 0) is 74.1 Å². The Morgan fingerprint density at radius 1 is 1.16 bits per heavy atom. The fraction of sp³-hybridized carbons (Fsp3) is 0.467. The van der Waals surface area contributed by atoms with Crippen molar-refractivity contribution in [2.45, 2.75) is 78.1 Å². The molecule has 1 heteroatoms. The SMILES string of the molecule is C#Cc1c2ccc(C(C)CC(=CC)CCCCC3CC3CCC)cc2n2ccccc12. The van der Waals surface area contributed by atoms with Crippen LogP contribution in [0, 0.1) is 24.2 Å². The van der Waals surface area contributed by atoms with Gasteiger partial charge in [0.05, 0.1) is 16.6 Å². The van der Waals surface area contributed by atoms with E-state index in [4.69, 9.17) is 6.42 Å². The number of rotatable bonds is 10. The summed E-state index contributed by atoms with van der Waals surface area (Å²) >= 11 is 0. The van der Waals surface area contributed by atoms with Gasteiger partial charge in [-0.25, -0.2) is 0 Å². The van der Waals surface area contributed by atoms with Crippen molar-refractivity contribution in [2.75, 3.05) is 0 Å². The van der Waals surface area contributed by atoms with Crippen molar-refractivity contribution < 1.29 is 0 Å². The van der Waals surface area contributed by atoms with Crippen LogP contribution in [0.4, 0.5) is 0 Å². The Balaban J connectivity index is 1.39. The predicted molar refractivity (Wildman–Crippen MR) is 135 cm³/mol. The van der Waals surface area contributed by atoms with Gasteiger partial charge in [0.1, 0.15) is 0 Å². The monoisotopic (exact) mass is 411 g/mol. The highest BCUT2D eigenvalue weighted by Crippen LogP contribution is 2.45. The first-order chi connectivity index (χ1) is 15.2. The molecule has 31 heavy (non-hydrogen) atoms. The summed E-state index contributed by atoms with van der Waals surface area (Å²) in [5, 5.41) is 1.18. The summed E-state index contributed by atoms with van der Waals surface area (Å²) in [6.45, 7) is 6.89. The maximum Gasteiger partial charge on any atom is 0.0619 e. The molecule has 1 aromatic carbocycles. The number of benzene rings is 1. The van der Waals surface area contributed by atoms with Crippen LogP contribution >= 0.6 is 0 Å². The fourth-order valence-corrected chi connectivity index (χ4v) is 5.43. The summed E-state index contributed by atoms with van der Waals surface area (Å²) < 4.78 is 2.24. The van der Waals surface area contributed by atoms with E-state index in [1.165, 1.54) is 61.4 Å². The lowest BCUT2D eigenvalue weighted by Crippen LogP contribution is -1.97. The van der Waals surface area contributed by atoms with Gasteiger partial charge < -0.3 is 4.40 Å². The van der Waals surface area contributed by atoms with Crippen LogP contribution in [-0.2, 0) is 0 Å². The van der Waals surface area contributed by atoms with E-state index < -0.39 is 0 Å². The van der Waals surface area contributed by atoms with E-state index in [1.807, 2.05) is 0 Å². The molecule has 0 spiro atoms. The van der Waals surface area contributed by atoms with E-state index >= 15 is 0 Å². The van der Waals surface area contributed by atoms with Gasteiger partial charge in [0, 0.05) is 11.6 Å². The maximum absolute atomic E-state index is 5.84. The number of terminal acetylenes is 1. The van der Waals surface area contributed by atoms with Gasteiger partial charge in [0.2, 0.25) is 0 Å². The van der Waals surface area contributed by atoms with E-state index in [-0.39, 0.29) is 0 Å². The van der Waals surface area contributed by atoms with Crippen molar-refractivity contribution in [3.8, 4) is 12.3 Å². The normalized spacial score (nSPS) is 19.6. The van der Waals surface area contributed by atoms with Gasteiger partial charge in [-0.3, -0.25) is 0 Å². The van der Waals surface area contributed by atoms with Crippen LogP contribution in [0.5, 0.6) is 0 Å². The summed E-state index contributed by atoms with van der Waals surface area (Å²) in [7, 11) is 0. The molecule has 0 radical (unpaired) electrons. The molecule has 0 saturated heterocycles. The highest BCUT2D eigenvalue weighted by molar-refractivity contribution is 5.95. The Morgan fingerprint density at radius 2 is 2.00 bits per heavy atom. The highest BCUT2D eigenvalue weighted by Gasteiger charge is 2.34. The van der Waals surface area contributed by atoms with Crippen molar-refractivity contribution in [3.63, 3.8) is 0 Å². The molecule has 0 aliphatic heterocycles. The standard InChI is InChI=1S/C30H37N/c1-5-12-25-20-26(25)14-9-8-13-23(6-2)19-22(4)24-16-17-28-27(7-3)29-15-10-11-18-31(29)30(28)21-24/h3,6,10-11,15-18,21-22,25-26H,5,8-9,12-14,19-20H2,1-2,4H3. The summed E-state index contributed by atoms with van der Waals surface area (Å²) in [5.74, 6) is 5.52. The van der Waals surface area contributed by atoms with Gasteiger partial charge in [-0.2, -0.15) is 0 Å². The van der Waals surface area contributed by atoms with Gasteiger partial charge >= 0.3 is 0 Å². The first-order valence-electron chi connectivity index (χ1n) is 12.3. The summed E-state index contributed by atoms with van der Waals surface area (Å²) in [6.07, 6.45) is 21.2. The smallest absolute Gasteiger partial charge is 0.0619 e. The van der Waals surface area contributed by atoms with E-state index in [0.29, 0.717) is 5.92 Å². The van der Waals surface area contributed by atoms with Crippen molar-refractivity contribution in [3.05, 3.63) is 65.4 Å². The van der Waals surface area contributed by atoms with Crippen LogP contribution in [0.25, 0.3) is 16.4 Å². The lowest BCUT2D eigenvalue weighted by molar-refractivity contribution is 0.558. The second-order valence-electron chi connectivity index (χ2n) is 9.59. The Morgan fingerprint density at radius 3 is 2.77 bits per heavy atom. The van der Waals surface area contributed by atoms with Crippen LogP contribution < -0.4 is 0 Å². The molecule has 0 N–H and O–H groups in total. The molecule has 0 bridgehead atoms. The number of aromatic nitrogens is 1. The van der Waals surface area contributed by atoms with Gasteiger partial charge in [-0.1, -0.05) is 75.3 Å². The molecule has 162 valence electrons. The second-order valence-corrected chi connectivity index (χ2v) is 9.59. The molecule has 1 saturated carbocycles. The first-order valence-corrected chi connectivity index (χ1v) is 12.3. The van der Waals surface area contributed by atoms with Crippen LogP contribution in [0.15, 0.2) is 54.2 Å². The third kappa shape index (κ3) is 4.74. The quantitative estimate of drug-likeness (QED) is 0.179. The molecule has 1 aliphatic carbocycles. The number of hydrogen-bond donors (Lipinski definition) is 0. The summed E-state index contributed by atoms with van der Waals surface area (Å²) in [6, 6.07) is 13.1. The molecule has 1 fully saturated rings. The molecule has 4 rings (SSSR count). The number of pyridine rings is 1. The Labute approximate surface area is 188 Å². The lowest BCUT2D eigenvalue weighted by atomic mass is 9.90. The van der Waals surface area contributed by atoms with Crippen LogP contribution in [-0.4, -0.2) is 4.40 Å². The zero-order valence-electron chi connectivity index (χ0n) is 19.5. The molecule has 3 unspecified atom stereocenters. The predicted octanol–water partition coefficient (Wildman–Crippen LogP) is 8.51. The molecule has 1 nitrogen and oxygen atoms in total.